The van der Waals surface area contributed by atoms with Crippen molar-refractivity contribution in [3.8, 4) is 0 Å². The van der Waals surface area contributed by atoms with Gasteiger partial charge in [0.05, 0.1) is 17.9 Å². The number of hydrogen-bond acceptors (Lipinski definition) is 3. The van der Waals surface area contributed by atoms with E-state index in [1.165, 1.54) is 25.7 Å². The van der Waals surface area contributed by atoms with E-state index in [4.69, 9.17) is 0 Å². The lowest BCUT2D eigenvalue weighted by Gasteiger charge is -2.29. The van der Waals surface area contributed by atoms with Gasteiger partial charge in [0.2, 0.25) is 0 Å². The molecule has 4 nitrogen and oxygen atoms in total. The van der Waals surface area contributed by atoms with E-state index >= 15 is 0 Å². The fraction of sp³-hybridized carbons (Fsp3) is 0.556. The third kappa shape index (κ3) is 2.80. The van der Waals surface area contributed by atoms with Crippen molar-refractivity contribution >= 4 is 17.4 Å². The van der Waals surface area contributed by atoms with Crippen molar-refractivity contribution in [3.63, 3.8) is 0 Å². The van der Waals surface area contributed by atoms with Gasteiger partial charge in [0.15, 0.2) is 0 Å². The average molecular weight is 300 g/mol. The minimum Gasteiger partial charge on any atom is -0.291 e. The van der Waals surface area contributed by atoms with Crippen molar-refractivity contribution in [1.29, 1.82) is 0 Å². The Balaban J connectivity index is 1.72. The van der Waals surface area contributed by atoms with Gasteiger partial charge in [0.25, 0.3) is 5.78 Å². The molecule has 0 N–H and O–H groups in total. The van der Waals surface area contributed by atoms with Crippen LogP contribution in [0.4, 0.5) is 5.69 Å². The summed E-state index contributed by atoms with van der Waals surface area (Å²) in [7, 11) is 0. The minimum atomic E-state index is -0.379. The lowest BCUT2D eigenvalue weighted by molar-refractivity contribution is -0.114. The van der Waals surface area contributed by atoms with Gasteiger partial charge in [-0.2, -0.15) is 0 Å². The highest BCUT2D eigenvalue weighted by Gasteiger charge is 2.37. The number of amides is 1. The van der Waals surface area contributed by atoms with Gasteiger partial charge in [0, 0.05) is 12.6 Å². The Bertz CT molecular complexity index is 582. The van der Waals surface area contributed by atoms with Gasteiger partial charge in [-0.25, -0.2) is 0 Å². The van der Waals surface area contributed by atoms with Crippen molar-refractivity contribution in [3.05, 3.63) is 29.8 Å². The maximum absolute atomic E-state index is 12.3. The Hall–Kier alpha value is -1.68. The summed E-state index contributed by atoms with van der Waals surface area (Å²) in [5.74, 6) is -0.0394. The SMILES string of the molecule is CC(C)CCC1CCCN1CN1C(=O)C(=O)c2ccccc21. The molecule has 1 atom stereocenters. The van der Waals surface area contributed by atoms with E-state index in [0.29, 0.717) is 24.2 Å². The first kappa shape index (κ1) is 15.2. The molecule has 1 unspecified atom stereocenters. The summed E-state index contributed by atoms with van der Waals surface area (Å²) in [5, 5.41) is 0. The predicted octanol–water partition coefficient (Wildman–Crippen LogP) is 3.07. The van der Waals surface area contributed by atoms with Crippen LogP contribution in [0.5, 0.6) is 0 Å². The summed E-state index contributed by atoms with van der Waals surface area (Å²) in [6, 6.07) is 7.86. The molecule has 1 saturated heterocycles. The number of fused-ring (bicyclic) bond motifs is 1. The molecule has 1 fully saturated rings. The molecule has 2 aliphatic rings. The van der Waals surface area contributed by atoms with Gasteiger partial charge in [-0.3, -0.25) is 19.4 Å². The Labute approximate surface area is 132 Å². The second-order valence-corrected chi connectivity index (χ2v) is 6.80. The first-order valence-electron chi connectivity index (χ1n) is 8.27. The van der Waals surface area contributed by atoms with E-state index in [1.54, 1.807) is 11.0 Å². The number of likely N-dealkylation sites (tertiary alicyclic amines) is 1. The van der Waals surface area contributed by atoms with Gasteiger partial charge in [-0.05, 0) is 43.7 Å². The molecule has 118 valence electrons. The van der Waals surface area contributed by atoms with Gasteiger partial charge >= 0.3 is 5.91 Å². The number of carbonyl (C=O) groups is 2. The number of Topliss-reactive ketones (excluding diaryl/α,β-unsaturated/α-hetero) is 1. The molecule has 4 heteroatoms. The molecule has 0 aromatic heterocycles. The molecule has 0 aliphatic carbocycles. The number of rotatable bonds is 5. The summed E-state index contributed by atoms with van der Waals surface area (Å²) in [6.07, 6.45) is 4.77. The van der Waals surface area contributed by atoms with Crippen LogP contribution < -0.4 is 4.90 Å². The fourth-order valence-electron chi connectivity index (χ4n) is 3.50. The first-order chi connectivity index (χ1) is 10.6. The van der Waals surface area contributed by atoms with Crippen LogP contribution >= 0.6 is 0 Å². The molecule has 3 rings (SSSR count). The Morgan fingerprint density at radius 3 is 2.77 bits per heavy atom. The van der Waals surface area contributed by atoms with E-state index in [1.807, 2.05) is 18.2 Å². The molecule has 1 amide bonds. The van der Waals surface area contributed by atoms with E-state index in [9.17, 15) is 9.59 Å². The fourth-order valence-corrected chi connectivity index (χ4v) is 3.50. The second kappa shape index (κ2) is 6.21. The minimum absolute atomic E-state index is 0.367. The molecular weight excluding hydrogens is 276 g/mol. The van der Waals surface area contributed by atoms with Gasteiger partial charge in [-0.1, -0.05) is 26.0 Å². The molecule has 0 spiro atoms. The molecule has 0 saturated carbocycles. The van der Waals surface area contributed by atoms with Crippen molar-refractivity contribution in [2.45, 2.75) is 45.6 Å². The number of benzene rings is 1. The maximum Gasteiger partial charge on any atom is 0.300 e. The highest BCUT2D eigenvalue weighted by atomic mass is 16.2. The normalized spacial score (nSPS) is 22.0. The van der Waals surface area contributed by atoms with Crippen LogP contribution in [0.25, 0.3) is 0 Å². The lowest BCUT2D eigenvalue weighted by atomic mass is 10.0. The summed E-state index contributed by atoms with van der Waals surface area (Å²) >= 11 is 0. The first-order valence-corrected chi connectivity index (χ1v) is 8.27. The Kier molecular flexibility index (Phi) is 4.30. The van der Waals surface area contributed by atoms with Crippen molar-refractivity contribution in [1.82, 2.24) is 4.90 Å². The van der Waals surface area contributed by atoms with Gasteiger partial charge in [-0.15, -0.1) is 0 Å². The number of nitrogens with zero attached hydrogens (tertiary/aromatic N) is 2. The smallest absolute Gasteiger partial charge is 0.291 e. The Morgan fingerprint density at radius 1 is 1.23 bits per heavy atom. The van der Waals surface area contributed by atoms with Gasteiger partial charge < -0.3 is 0 Å². The van der Waals surface area contributed by atoms with E-state index < -0.39 is 0 Å². The number of anilines is 1. The van der Waals surface area contributed by atoms with Crippen LogP contribution in [0.2, 0.25) is 0 Å². The molecule has 0 bridgehead atoms. The van der Waals surface area contributed by atoms with Crippen molar-refractivity contribution in [2.24, 2.45) is 5.92 Å². The molecule has 22 heavy (non-hydrogen) atoms. The molecular formula is C18H24N2O2. The van der Waals surface area contributed by atoms with Crippen LogP contribution in [0.3, 0.4) is 0 Å². The van der Waals surface area contributed by atoms with Crippen LogP contribution in [0.15, 0.2) is 24.3 Å². The molecule has 1 aromatic rings. The highest BCUT2D eigenvalue weighted by molar-refractivity contribution is 6.52. The zero-order valence-electron chi connectivity index (χ0n) is 13.4. The average Bonchev–Trinajstić information content (AvgIpc) is 3.04. The topological polar surface area (TPSA) is 40.6 Å². The van der Waals surface area contributed by atoms with Crippen molar-refractivity contribution in [2.75, 3.05) is 18.1 Å². The summed E-state index contributed by atoms with van der Waals surface area (Å²) in [6.45, 7) is 6.06. The number of hydrogen-bond donors (Lipinski definition) is 0. The van der Waals surface area contributed by atoms with Crippen LogP contribution in [0, 0.1) is 5.92 Å². The second-order valence-electron chi connectivity index (χ2n) is 6.80. The Morgan fingerprint density at radius 2 is 2.00 bits per heavy atom. The molecule has 0 radical (unpaired) electrons. The summed E-state index contributed by atoms with van der Waals surface area (Å²) < 4.78 is 0. The number of carbonyl (C=O) groups excluding carboxylic acids is 2. The number of ketones is 1. The number of para-hydroxylation sites is 1. The van der Waals surface area contributed by atoms with E-state index in [0.717, 1.165) is 12.2 Å². The predicted molar refractivity (Wildman–Crippen MR) is 86.9 cm³/mol. The standard InChI is InChI=1S/C18H24N2O2/c1-13(2)9-10-14-6-5-11-19(14)12-20-16-8-4-3-7-15(16)17(21)18(20)22/h3-4,7-8,13-14H,5-6,9-12H2,1-2H3. The zero-order valence-corrected chi connectivity index (χ0v) is 13.4. The van der Waals surface area contributed by atoms with E-state index in [-0.39, 0.29) is 11.7 Å². The maximum atomic E-state index is 12.3. The highest BCUT2D eigenvalue weighted by Crippen LogP contribution is 2.31. The van der Waals surface area contributed by atoms with Gasteiger partial charge in [0.1, 0.15) is 0 Å². The summed E-state index contributed by atoms with van der Waals surface area (Å²) in [4.78, 5) is 28.4. The van der Waals surface area contributed by atoms with Crippen LogP contribution in [-0.4, -0.2) is 35.8 Å². The molecule has 2 aliphatic heterocycles. The van der Waals surface area contributed by atoms with Crippen LogP contribution in [0.1, 0.15) is 49.9 Å². The van der Waals surface area contributed by atoms with Crippen LogP contribution in [-0.2, 0) is 4.79 Å². The molecule has 1 aromatic carbocycles. The zero-order chi connectivity index (χ0) is 15.7. The van der Waals surface area contributed by atoms with Crippen molar-refractivity contribution < 1.29 is 9.59 Å². The molecule has 2 heterocycles. The largest absolute Gasteiger partial charge is 0.300 e. The third-order valence-electron chi connectivity index (χ3n) is 4.78. The van der Waals surface area contributed by atoms with E-state index in [2.05, 4.69) is 18.7 Å². The lowest BCUT2D eigenvalue weighted by Crippen LogP contribution is -2.43. The summed E-state index contributed by atoms with van der Waals surface area (Å²) in [5.41, 5.74) is 1.32. The monoisotopic (exact) mass is 300 g/mol. The quantitative estimate of drug-likeness (QED) is 0.785. The third-order valence-corrected chi connectivity index (χ3v) is 4.78.